The standard InChI is InChI=1S/C7H19N3/c1-2-4-9-5-3-6-10-7-8/h9-10H,2-8H2,1H3. The smallest absolute Gasteiger partial charge is 0.0428 e. The molecule has 0 amide bonds. The molecule has 0 unspecified atom stereocenters. The molecule has 0 rings (SSSR count). The van der Waals surface area contributed by atoms with Crippen molar-refractivity contribution in [3.63, 3.8) is 0 Å². The minimum absolute atomic E-state index is 0.591. The Balaban J connectivity index is 2.65. The molecule has 0 aliphatic carbocycles. The third kappa shape index (κ3) is 7.88. The van der Waals surface area contributed by atoms with E-state index >= 15 is 0 Å². The second kappa shape index (κ2) is 8.88. The summed E-state index contributed by atoms with van der Waals surface area (Å²) in [6.07, 6.45) is 2.38. The van der Waals surface area contributed by atoms with Crippen LogP contribution in [0.4, 0.5) is 0 Å². The van der Waals surface area contributed by atoms with Gasteiger partial charge in [-0.15, -0.1) is 0 Å². The maximum absolute atomic E-state index is 5.24. The first-order valence-corrected chi connectivity index (χ1v) is 4.03. The molecule has 0 aromatic rings. The minimum atomic E-state index is 0.591. The van der Waals surface area contributed by atoms with E-state index < -0.39 is 0 Å². The van der Waals surface area contributed by atoms with Crippen LogP contribution in [0.15, 0.2) is 0 Å². The highest BCUT2D eigenvalue weighted by atomic mass is 15.0. The van der Waals surface area contributed by atoms with Gasteiger partial charge in [0.05, 0.1) is 0 Å². The van der Waals surface area contributed by atoms with Gasteiger partial charge in [-0.3, -0.25) is 0 Å². The molecular weight excluding hydrogens is 126 g/mol. The van der Waals surface area contributed by atoms with Crippen LogP contribution in [-0.4, -0.2) is 26.3 Å². The van der Waals surface area contributed by atoms with Crippen LogP contribution in [0.3, 0.4) is 0 Å². The summed E-state index contributed by atoms with van der Waals surface area (Å²) in [7, 11) is 0. The second-order valence-corrected chi connectivity index (χ2v) is 2.31. The van der Waals surface area contributed by atoms with Crippen molar-refractivity contribution in [2.24, 2.45) is 5.73 Å². The van der Waals surface area contributed by atoms with Crippen LogP contribution in [0.1, 0.15) is 19.8 Å². The molecule has 0 aliphatic rings. The van der Waals surface area contributed by atoms with Gasteiger partial charge in [-0.2, -0.15) is 0 Å². The van der Waals surface area contributed by atoms with E-state index in [9.17, 15) is 0 Å². The van der Waals surface area contributed by atoms with Crippen molar-refractivity contribution in [2.75, 3.05) is 26.3 Å². The van der Waals surface area contributed by atoms with Crippen molar-refractivity contribution < 1.29 is 0 Å². The van der Waals surface area contributed by atoms with Crippen LogP contribution in [-0.2, 0) is 0 Å². The number of rotatable bonds is 7. The van der Waals surface area contributed by atoms with E-state index in [0.29, 0.717) is 6.67 Å². The molecule has 3 nitrogen and oxygen atoms in total. The van der Waals surface area contributed by atoms with Crippen molar-refractivity contribution in [3.05, 3.63) is 0 Å². The summed E-state index contributed by atoms with van der Waals surface area (Å²) in [5.74, 6) is 0. The molecule has 3 heteroatoms. The fraction of sp³-hybridized carbons (Fsp3) is 1.00. The average Bonchev–Trinajstić information content (AvgIpc) is 1.97. The van der Waals surface area contributed by atoms with E-state index in [1.807, 2.05) is 0 Å². The van der Waals surface area contributed by atoms with Crippen molar-refractivity contribution in [3.8, 4) is 0 Å². The van der Waals surface area contributed by atoms with Gasteiger partial charge in [-0.25, -0.2) is 0 Å². The van der Waals surface area contributed by atoms with E-state index in [-0.39, 0.29) is 0 Å². The highest BCUT2D eigenvalue weighted by Crippen LogP contribution is 1.73. The molecule has 0 atom stereocenters. The van der Waals surface area contributed by atoms with Gasteiger partial charge in [0.2, 0.25) is 0 Å². The van der Waals surface area contributed by atoms with Gasteiger partial charge in [-0.05, 0) is 32.5 Å². The normalized spacial score (nSPS) is 10.2. The van der Waals surface area contributed by atoms with E-state index in [1.165, 1.54) is 6.42 Å². The zero-order valence-corrected chi connectivity index (χ0v) is 6.82. The predicted molar refractivity (Wildman–Crippen MR) is 44.8 cm³/mol. The molecule has 0 fully saturated rings. The number of nitrogens with two attached hydrogens (primary N) is 1. The SMILES string of the molecule is CCCNCCCNCN. The number of hydrogen-bond donors (Lipinski definition) is 3. The Hall–Kier alpha value is -0.120. The Morgan fingerprint density at radius 1 is 1.10 bits per heavy atom. The lowest BCUT2D eigenvalue weighted by Gasteiger charge is -2.02. The summed E-state index contributed by atoms with van der Waals surface area (Å²) in [6, 6.07) is 0. The molecule has 0 radical (unpaired) electrons. The maximum atomic E-state index is 5.24. The Labute approximate surface area is 63.4 Å². The van der Waals surface area contributed by atoms with Gasteiger partial charge in [0.1, 0.15) is 0 Å². The van der Waals surface area contributed by atoms with Gasteiger partial charge in [0, 0.05) is 6.67 Å². The van der Waals surface area contributed by atoms with E-state index in [0.717, 1.165) is 26.1 Å². The predicted octanol–water partition coefficient (Wildman–Crippen LogP) is -0.118. The molecule has 0 spiro atoms. The van der Waals surface area contributed by atoms with Crippen LogP contribution in [0.2, 0.25) is 0 Å². The van der Waals surface area contributed by atoms with Crippen molar-refractivity contribution >= 4 is 0 Å². The lowest BCUT2D eigenvalue weighted by Crippen LogP contribution is -2.26. The third-order valence-corrected chi connectivity index (χ3v) is 1.28. The topological polar surface area (TPSA) is 50.1 Å². The van der Waals surface area contributed by atoms with Crippen LogP contribution < -0.4 is 16.4 Å². The van der Waals surface area contributed by atoms with Gasteiger partial charge in [0.15, 0.2) is 0 Å². The van der Waals surface area contributed by atoms with Crippen LogP contribution in [0.25, 0.3) is 0 Å². The summed E-state index contributed by atoms with van der Waals surface area (Å²) in [5.41, 5.74) is 5.24. The second-order valence-electron chi connectivity index (χ2n) is 2.31. The quantitative estimate of drug-likeness (QED) is 0.346. The van der Waals surface area contributed by atoms with Crippen LogP contribution >= 0.6 is 0 Å². The average molecular weight is 145 g/mol. The van der Waals surface area contributed by atoms with Gasteiger partial charge in [-0.1, -0.05) is 6.92 Å². The summed E-state index contributed by atoms with van der Waals surface area (Å²) < 4.78 is 0. The molecule has 0 saturated heterocycles. The first-order chi connectivity index (χ1) is 4.91. The Bertz CT molecular complexity index is 48.8. The summed E-state index contributed by atoms with van der Waals surface area (Å²) in [5, 5.41) is 6.38. The fourth-order valence-corrected chi connectivity index (χ4v) is 0.742. The van der Waals surface area contributed by atoms with Crippen molar-refractivity contribution in [1.82, 2.24) is 10.6 Å². The van der Waals surface area contributed by atoms with Crippen molar-refractivity contribution in [1.29, 1.82) is 0 Å². The van der Waals surface area contributed by atoms with E-state index in [2.05, 4.69) is 17.6 Å². The molecule has 62 valence electrons. The summed E-state index contributed by atoms with van der Waals surface area (Å²) in [4.78, 5) is 0. The largest absolute Gasteiger partial charge is 0.318 e. The zero-order chi connectivity index (χ0) is 7.66. The van der Waals surface area contributed by atoms with Crippen LogP contribution in [0.5, 0.6) is 0 Å². The highest BCUT2D eigenvalue weighted by Gasteiger charge is 1.84. The van der Waals surface area contributed by atoms with Gasteiger partial charge in [0.25, 0.3) is 0 Å². The molecule has 10 heavy (non-hydrogen) atoms. The first kappa shape index (κ1) is 9.88. The first-order valence-electron chi connectivity index (χ1n) is 4.03. The summed E-state index contributed by atoms with van der Waals surface area (Å²) >= 11 is 0. The van der Waals surface area contributed by atoms with Crippen molar-refractivity contribution in [2.45, 2.75) is 19.8 Å². The fourth-order valence-electron chi connectivity index (χ4n) is 0.742. The molecule has 0 bridgehead atoms. The minimum Gasteiger partial charge on any atom is -0.318 e. The lowest BCUT2D eigenvalue weighted by atomic mass is 10.4. The van der Waals surface area contributed by atoms with Crippen LogP contribution in [0, 0.1) is 0 Å². The molecule has 0 aromatic carbocycles. The Morgan fingerprint density at radius 3 is 2.40 bits per heavy atom. The van der Waals surface area contributed by atoms with E-state index in [1.54, 1.807) is 0 Å². The maximum Gasteiger partial charge on any atom is 0.0428 e. The molecule has 0 aromatic heterocycles. The number of hydrogen-bond acceptors (Lipinski definition) is 3. The Morgan fingerprint density at radius 2 is 1.80 bits per heavy atom. The summed E-state index contributed by atoms with van der Waals surface area (Å²) in [6.45, 7) is 6.01. The van der Waals surface area contributed by atoms with E-state index in [4.69, 9.17) is 5.73 Å². The molecule has 0 heterocycles. The Kier molecular flexibility index (Phi) is 8.77. The monoisotopic (exact) mass is 145 g/mol. The highest BCUT2D eigenvalue weighted by molar-refractivity contribution is 4.48. The molecule has 0 aliphatic heterocycles. The zero-order valence-electron chi connectivity index (χ0n) is 6.82. The van der Waals surface area contributed by atoms with Gasteiger partial charge >= 0.3 is 0 Å². The molecule has 4 N–H and O–H groups in total. The molecule has 0 saturated carbocycles. The van der Waals surface area contributed by atoms with Gasteiger partial charge < -0.3 is 16.4 Å². The number of nitrogens with one attached hydrogen (secondary N) is 2. The lowest BCUT2D eigenvalue weighted by molar-refractivity contribution is 0.598. The third-order valence-electron chi connectivity index (χ3n) is 1.28. The molecular formula is C7H19N3.